The maximum absolute atomic E-state index is 7.03. The van der Waals surface area contributed by atoms with Gasteiger partial charge in [0.25, 0.3) is 0 Å². The first-order valence-corrected chi connectivity index (χ1v) is 20.2. The lowest BCUT2D eigenvalue weighted by atomic mass is 9.82. The van der Waals surface area contributed by atoms with Crippen molar-refractivity contribution in [2.75, 3.05) is 4.90 Å². The van der Waals surface area contributed by atoms with E-state index < -0.39 is 0 Å². The van der Waals surface area contributed by atoms with Crippen LogP contribution in [0.2, 0.25) is 0 Å². The number of thiophene rings is 1. The van der Waals surface area contributed by atoms with Gasteiger partial charge in [-0.05, 0) is 92.3 Å². The number of fused-ring (bicyclic) bond motifs is 12. The Labute approximate surface area is 328 Å². The second kappa shape index (κ2) is 11.7. The van der Waals surface area contributed by atoms with E-state index in [0.29, 0.717) is 0 Å². The molecule has 0 spiro atoms. The van der Waals surface area contributed by atoms with Crippen molar-refractivity contribution in [3.8, 4) is 22.3 Å². The molecule has 0 saturated carbocycles. The molecule has 0 bridgehead atoms. The van der Waals surface area contributed by atoms with Gasteiger partial charge < -0.3 is 9.32 Å². The number of furan rings is 1. The molecule has 12 rings (SSSR count). The van der Waals surface area contributed by atoms with Crippen LogP contribution in [0.4, 0.5) is 17.1 Å². The molecular weight excluding hydrogens is 699 g/mol. The summed E-state index contributed by atoms with van der Waals surface area (Å²) in [5, 5.41) is 9.73. The Morgan fingerprint density at radius 3 is 2.05 bits per heavy atom. The summed E-state index contributed by atoms with van der Waals surface area (Å²) in [7, 11) is 0. The van der Waals surface area contributed by atoms with Crippen molar-refractivity contribution in [3.63, 3.8) is 0 Å². The minimum absolute atomic E-state index is 0.137. The summed E-state index contributed by atoms with van der Waals surface area (Å²) < 4.78 is 9.61. The first-order valence-electron chi connectivity index (χ1n) is 19.3. The molecule has 0 unspecified atom stereocenters. The zero-order valence-electron chi connectivity index (χ0n) is 31.0. The lowest BCUT2D eigenvalue weighted by molar-refractivity contribution is 0.660. The Bertz CT molecular complexity index is 3420. The molecule has 0 atom stereocenters. The summed E-state index contributed by atoms with van der Waals surface area (Å²) in [4.78, 5) is 2.51. The molecule has 0 amide bonds. The van der Waals surface area contributed by atoms with Crippen LogP contribution in [0.1, 0.15) is 25.0 Å². The summed E-state index contributed by atoms with van der Waals surface area (Å²) in [6.45, 7) is 4.72. The Morgan fingerprint density at radius 2 is 1.16 bits per heavy atom. The lowest BCUT2D eigenvalue weighted by Gasteiger charge is -2.29. The van der Waals surface area contributed by atoms with Crippen LogP contribution in [-0.2, 0) is 5.41 Å². The molecule has 0 saturated heterocycles. The summed E-state index contributed by atoms with van der Waals surface area (Å²) in [5.74, 6) is 0. The second-order valence-corrected chi connectivity index (χ2v) is 16.7. The van der Waals surface area contributed by atoms with E-state index in [1.54, 1.807) is 0 Å². The predicted molar refractivity (Wildman–Crippen MR) is 239 cm³/mol. The molecule has 2 nitrogen and oxygen atoms in total. The van der Waals surface area contributed by atoms with Gasteiger partial charge in [0.05, 0.1) is 16.8 Å². The van der Waals surface area contributed by atoms with Crippen molar-refractivity contribution in [3.05, 3.63) is 187 Å². The van der Waals surface area contributed by atoms with Crippen LogP contribution in [0.5, 0.6) is 0 Å². The van der Waals surface area contributed by atoms with Crippen molar-refractivity contribution < 1.29 is 4.42 Å². The molecule has 2 aromatic heterocycles. The molecule has 0 radical (unpaired) electrons. The average molecular weight is 734 g/mol. The third-order valence-electron chi connectivity index (χ3n) is 12.3. The number of anilines is 3. The Hall–Kier alpha value is -6.68. The van der Waals surface area contributed by atoms with Gasteiger partial charge in [-0.3, -0.25) is 0 Å². The van der Waals surface area contributed by atoms with Gasteiger partial charge in [0.1, 0.15) is 11.2 Å². The van der Waals surface area contributed by atoms with Gasteiger partial charge in [0, 0.05) is 47.8 Å². The highest BCUT2D eigenvalue weighted by atomic mass is 32.1. The first-order chi connectivity index (χ1) is 27.5. The molecule has 0 N–H and O–H groups in total. The summed E-state index contributed by atoms with van der Waals surface area (Å²) in [6, 6.07) is 64.6. The number of nitrogens with zero attached hydrogens (tertiary/aromatic N) is 1. The maximum atomic E-state index is 7.03. The van der Waals surface area contributed by atoms with Crippen LogP contribution in [0.3, 0.4) is 0 Å². The summed E-state index contributed by atoms with van der Waals surface area (Å²) >= 11 is 1.86. The third-order valence-corrected chi connectivity index (χ3v) is 13.4. The van der Waals surface area contributed by atoms with Crippen LogP contribution < -0.4 is 4.90 Å². The zero-order chi connectivity index (χ0) is 37.1. The summed E-state index contributed by atoms with van der Waals surface area (Å²) in [5.41, 5.74) is 12.6. The first kappa shape index (κ1) is 31.6. The molecular formula is C53H35NOS. The highest BCUT2D eigenvalue weighted by molar-refractivity contribution is 7.25. The highest BCUT2D eigenvalue weighted by Gasteiger charge is 2.38. The van der Waals surface area contributed by atoms with E-state index in [1.807, 2.05) is 11.3 Å². The fraction of sp³-hybridized carbons (Fsp3) is 0.0566. The van der Waals surface area contributed by atoms with Crippen LogP contribution >= 0.6 is 11.3 Å². The van der Waals surface area contributed by atoms with Gasteiger partial charge in [-0.1, -0.05) is 141 Å². The Morgan fingerprint density at radius 1 is 0.464 bits per heavy atom. The number of hydrogen-bond donors (Lipinski definition) is 0. The van der Waals surface area contributed by atoms with Crippen molar-refractivity contribution in [2.24, 2.45) is 0 Å². The number of rotatable bonds is 4. The van der Waals surface area contributed by atoms with Crippen LogP contribution in [0, 0.1) is 0 Å². The van der Waals surface area contributed by atoms with Crippen molar-refractivity contribution >= 4 is 92.1 Å². The maximum Gasteiger partial charge on any atom is 0.145 e. The van der Waals surface area contributed by atoms with E-state index in [9.17, 15) is 0 Å². The van der Waals surface area contributed by atoms with Gasteiger partial charge in [-0.25, -0.2) is 0 Å². The van der Waals surface area contributed by atoms with Gasteiger partial charge in [0.2, 0.25) is 0 Å². The molecule has 56 heavy (non-hydrogen) atoms. The Balaban J connectivity index is 1.20. The number of benzene rings is 9. The molecule has 0 aliphatic heterocycles. The third kappa shape index (κ3) is 4.38. The van der Waals surface area contributed by atoms with E-state index >= 15 is 0 Å². The Kier molecular flexibility index (Phi) is 6.59. The topological polar surface area (TPSA) is 16.4 Å². The highest BCUT2D eigenvalue weighted by Crippen LogP contribution is 2.56. The van der Waals surface area contributed by atoms with Gasteiger partial charge in [-0.15, -0.1) is 11.3 Å². The molecule has 0 fully saturated rings. The minimum atomic E-state index is -0.137. The van der Waals surface area contributed by atoms with Crippen LogP contribution in [-0.4, -0.2) is 0 Å². The van der Waals surface area contributed by atoms with E-state index in [2.05, 4.69) is 195 Å². The second-order valence-electron chi connectivity index (χ2n) is 15.6. The zero-order valence-corrected chi connectivity index (χ0v) is 31.8. The van der Waals surface area contributed by atoms with Crippen molar-refractivity contribution in [1.82, 2.24) is 0 Å². The lowest BCUT2D eigenvalue weighted by Crippen LogP contribution is -2.16. The van der Waals surface area contributed by atoms with Crippen molar-refractivity contribution in [2.45, 2.75) is 19.3 Å². The molecule has 264 valence electrons. The molecule has 2 heterocycles. The van der Waals surface area contributed by atoms with E-state index in [4.69, 9.17) is 4.42 Å². The fourth-order valence-corrected chi connectivity index (χ4v) is 10.8. The number of para-hydroxylation sites is 1. The quantitative estimate of drug-likeness (QED) is 0.168. The van der Waals surface area contributed by atoms with Gasteiger partial charge in [0.15, 0.2) is 0 Å². The minimum Gasteiger partial charge on any atom is -0.455 e. The largest absolute Gasteiger partial charge is 0.455 e. The standard InChI is InChI=1S/C53H35NOS/c1-53(2)43-21-10-7-19-40(43)50-44(53)22-13-23-45(50)54(33-26-27-38-37-18-9-12-25-48(37)56-49(38)31-33)46-29-28-39(52-51(46)41-20-8-11-24-47(41)55-52)42-30-32-14-3-4-15-34(32)35-16-5-6-17-36(35)42/h3-31H,1-2H3. The normalized spacial score (nSPS) is 13.3. The number of hydrogen-bond acceptors (Lipinski definition) is 3. The fourth-order valence-electron chi connectivity index (χ4n) is 9.67. The monoisotopic (exact) mass is 733 g/mol. The van der Waals surface area contributed by atoms with E-state index in [1.165, 1.54) is 69.5 Å². The molecule has 11 aromatic rings. The van der Waals surface area contributed by atoms with E-state index in [-0.39, 0.29) is 5.41 Å². The molecule has 9 aromatic carbocycles. The molecule has 1 aliphatic carbocycles. The van der Waals surface area contributed by atoms with E-state index in [0.717, 1.165) is 44.6 Å². The van der Waals surface area contributed by atoms with Crippen LogP contribution in [0.15, 0.2) is 180 Å². The smallest absolute Gasteiger partial charge is 0.145 e. The molecule has 1 aliphatic rings. The van der Waals surface area contributed by atoms with Crippen LogP contribution in [0.25, 0.3) is 85.9 Å². The van der Waals surface area contributed by atoms with Gasteiger partial charge in [-0.2, -0.15) is 0 Å². The average Bonchev–Trinajstić information content (AvgIpc) is 3.89. The molecule has 3 heteroatoms. The summed E-state index contributed by atoms with van der Waals surface area (Å²) in [6.07, 6.45) is 0. The van der Waals surface area contributed by atoms with Crippen molar-refractivity contribution in [1.29, 1.82) is 0 Å². The van der Waals surface area contributed by atoms with Gasteiger partial charge >= 0.3 is 0 Å². The predicted octanol–water partition coefficient (Wildman–Crippen LogP) is 15.7. The SMILES string of the molecule is CC1(C)c2ccccc2-c2c(N(c3ccc4c(c3)sc3ccccc34)c3ccc(-c4cc5ccccc5c5ccccc45)c4oc5ccccc5c34)cccc21.